The number of ether oxygens (including phenoxy) is 1. The first-order valence-corrected chi connectivity index (χ1v) is 4.89. The molecule has 1 aromatic carbocycles. The smallest absolute Gasteiger partial charge is 0.248 e. The molecule has 0 radical (unpaired) electrons. The van der Waals surface area contributed by atoms with Crippen LogP contribution < -0.4 is 10.5 Å². The van der Waals surface area contributed by atoms with Crippen molar-refractivity contribution in [3.63, 3.8) is 0 Å². The third-order valence-corrected chi connectivity index (χ3v) is 2.63. The van der Waals surface area contributed by atoms with E-state index in [1.165, 1.54) is 5.57 Å². The molecule has 2 N–H and O–H groups in total. The van der Waals surface area contributed by atoms with E-state index < -0.39 is 5.91 Å². The highest BCUT2D eigenvalue weighted by Gasteiger charge is 2.15. The van der Waals surface area contributed by atoms with Crippen molar-refractivity contribution in [3.05, 3.63) is 35.4 Å². The van der Waals surface area contributed by atoms with E-state index in [2.05, 4.69) is 6.08 Å². The largest absolute Gasteiger partial charge is 0.496 e. The fourth-order valence-corrected chi connectivity index (χ4v) is 1.65. The second-order valence-corrected chi connectivity index (χ2v) is 3.55. The lowest BCUT2D eigenvalue weighted by atomic mass is 9.90. The summed E-state index contributed by atoms with van der Waals surface area (Å²) in [7, 11) is 1.63. The van der Waals surface area contributed by atoms with Gasteiger partial charge in [-0.05, 0) is 36.6 Å². The van der Waals surface area contributed by atoms with Crippen LogP contribution in [-0.4, -0.2) is 13.0 Å². The first kappa shape index (κ1) is 9.77. The molecule has 15 heavy (non-hydrogen) atoms. The molecule has 0 unspecified atom stereocenters. The molecule has 0 saturated carbocycles. The first-order valence-electron chi connectivity index (χ1n) is 4.89. The molecular formula is C12H13NO2. The molecule has 1 aliphatic carbocycles. The second-order valence-electron chi connectivity index (χ2n) is 3.55. The third kappa shape index (κ3) is 1.73. The Bertz CT molecular complexity index is 435. The molecule has 0 aliphatic heterocycles. The first-order chi connectivity index (χ1) is 7.22. The number of rotatable bonds is 3. The van der Waals surface area contributed by atoms with Crippen molar-refractivity contribution in [2.75, 3.05) is 7.11 Å². The Labute approximate surface area is 88.5 Å². The van der Waals surface area contributed by atoms with Gasteiger partial charge in [-0.15, -0.1) is 0 Å². The molecular weight excluding hydrogens is 190 g/mol. The number of carbonyl (C=O) groups is 1. The number of benzene rings is 1. The number of methoxy groups -OCH3 is 1. The van der Waals surface area contributed by atoms with E-state index in [-0.39, 0.29) is 0 Å². The Morgan fingerprint density at radius 2 is 2.20 bits per heavy atom. The molecule has 0 aromatic heterocycles. The summed E-state index contributed by atoms with van der Waals surface area (Å²) < 4.78 is 5.24. The average Bonchev–Trinajstić information content (AvgIpc) is 2.15. The summed E-state index contributed by atoms with van der Waals surface area (Å²) in [5.41, 5.74) is 7.98. The van der Waals surface area contributed by atoms with E-state index in [9.17, 15) is 4.79 Å². The predicted molar refractivity (Wildman–Crippen MR) is 58.7 cm³/mol. The van der Waals surface area contributed by atoms with E-state index in [4.69, 9.17) is 10.5 Å². The number of nitrogens with two attached hydrogens (primary N) is 1. The van der Waals surface area contributed by atoms with Gasteiger partial charge in [0.2, 0.25) is 5.91 Å². The predicted octanol–water partition coefficient (Wildman–Crippen LogP) is 1.97. The molecule has 2 rings (SSSR count). The van der Waals surface area contributed by atoms with Crippen LogP contribution in [0.2, 0.25) is 0 Å². The van der Waals surface area contributed by atoms with Crippen LogP contribution in [-0.2, 0) is 0 Å². The van der Waals surface area contributed by atoms with Gasteiger partial charge in [0.25, 0.3) is 0 Å². The lowest BCUT2D eigenvalue weighted by molar-refractivity contribution is 0.1000. The zero-order chi connectivity index (χ0) is 10.8. The highest BCUT2D eigenvalue weighted by atomic mass is 16.5. The Kier molecular flexibility index (Phi) is 2.46. The SMILES string of the molecule is COc1ccc(C(N)=O)cc1C1=CCC1. The third-order valence-electron chi connectivity index (χ3n) is 2.63. The standard InChI is InChI=1S/C12H13NO2/c1-15-11-6-5-9(12(13)14)7-10(11)8-3-2-4-8/h3,5-7H,2,4H2,1H3,(H2,13,14). The van der Waals surface area contributed by atoms with E-state index in [1.54, 1.807) is 25.3 Å². The van der Waals surface area contributed by atoms with Gasteiger partial charge in [-0.2, -0.15) is 0 Å². The summed E-state index contributed by atoms with van der Waals surface area (Å²) in [5, 5.41) is 0. The van der Waals surface area contributed by atoms with Crippen molar-refractivity contribution < 1.29 is 9.53 Å². The van der Waals surface area contributed by atoms with Crippen molar-refractivity contribution in [3.8, 4) is 5.75 Å². The van der Waals surface area contributed by atoms with Gasteiger partial charge in [0, 0.05) is 11.1 Å². The minimum atomic E-state index is -0.404. The van der Waals surface area contributed by atoms with Crippen LogP contribution in [0.5, 0.6) is 5.75 Å². The van der Waals surface area contributed by atoms with Crippen LogP contribution in [0.3, 0.4) is 0 Å². The second kappa shape index (κ2) is 3.77. The van der Waals surface area contributed by atoms with Crippen LogP contribution in [0.25, 0.3) is 5.57 Å². The summed E-state index contributed by atoms with van der Waals surface area (Å²) in [6.45, 7) is 0. The van der Waals surface area contributed by atoms with Crippen LogP contribution in [0.15, 0.2) is 24.3 Å². The molecule has 0 saturated heterocycles. The van der Waals surface area contributed by atoms with Crippen molar-refractivity contribution >= 4 is 11.5 Å². The Hall–Kier alpha value is -1.77. The summed E-state index contributed by atoms with van der Waals surface area (Å²) in [6.07, 6.45) is 4.28. The van der Waals surface area contributed by atoms with Crippen molar-refractivity contribution in [1.29, 1.82) is 0 Å². The van der Waals surface area contributed by atoms with Crippen LogP contribution in [0, 0.1) is 0 Å². The van der Waals surface area contributed by atoms with Crippen LogP contribution in [0.1, 0.15) is 28.8 Å². The molecule has 3 nitrogen and oxygen atoms in total. The Morgan fingerprint density at radius 1 is 1.47 bits per heavy atom. The summed E-state index contributed by atoms with van der Waals surface area (Å²) >= 11 is 0. The van der Waals surface area contributed by atoms with Gasteiger partial charge in [0.1, 0.15) is 5.75 Å². The van der Waals surface area contributed by atoms with Gasteiger partial charge in [-0.1, -0.05) is 6.08 Å². The normalized spacial score (nSPS) is 14.1. The van der Waals surface area contributed by atoms with E-state index in [1.807, 2.05) is 0 Å². The fourth-order valence-electron chi connectivity index (χ4n) is 1.65. The van der Waals surface area contributed by atoms with Gasteiger partial charge in [-0.3, -0.25) is 4.79 Å². The molecule has 1 amide bonds. The van der Waals surface area contributed by atoms with Crippen molar-refractivity contribution in [1.82, 2.24) is 0 Å². The van der Waals surface area contributed by atoms with Gasteiger partial charge < -0.3 is 10.5 Å². The highest BCUT2D eigenvalue weighted by Crippen LogP contribution is 2.35. The van der Waals surface area contributed by atoms with E-state index in [0.29, 0.717) is 5.56 Å². The van der Waals surface area contributed by atoms with Gasteiger partial charge in [0.05, 0.1) is 7.11 Å². The number of amides is 1. The molecule has 1 aliphatic rings. The number of hydrogen-bond acceptors (Lipinski definition) is 2. The fraction of sp³-hybridized carbons (Fsp3) is 0.250. The summed E-state index contributed by atoms with van der Waals surface area (Å²) in [6, 6.07) is 5.27. The maximum absolute atomic E-state index is 11.0. The zero-order valence-corrected chi connectivity index (χ0v) is 8.62. The molecule has 3 heteroatoms. The quantitative estimate of drug-likeness (QED) is 0.816. The maximum Gasteiger partial charge on any atom is 0.248 e. The minimum absolute atomic E-state index is 0.404. The number of primary amides is 1. The van der Waals surface area contributed by atoms with Gasteiger partial charge in [0.15, 0.2) is 0 Å². The van der Waals surface area contributed by atoms with Crippen LogP contribution >= 0.6 is 0 Å². The monoisotopic (exact) mass is 203 g/mol. The lowest BCUT2D eigenvalue weighted by Gasteiger charge is -2.18. The maximum atomic E-state index is 11.0. The molecule has 0 spiro atoms. The van der Waals surface area contributed by atoms with Crippen molar-refractivity contribution in [2.45, 2.75) is 12.8 Å². The highest BCUT2D eigenvalue weighted by molar-refractivity contribution is 5.94. The average molecular weight is 203 g/mol. The molecule has 0 atom stereocenters. The zero-order valence-electron chi connectivity index (χ0n) is 8.62. The summed E-state index contributed by atoms with van der Waals surface area (Å²) in [5.74, 6) is 0.393. The lowest BCUT2D eigenvalue weighted by Crippen LogP contribution is -2.11. The molecule has 1 aromatic rings. The summed E-state index contributed by atoms with van der Waals surface area (Å²) in [4.78, 5) is 11.0. The Balaban J connectivity index is 2.47. The molecule has 78 valence electrons. The number of hydrogen-bond donors (Lipinski definition) is 1. The van der Waals surface area contributed by atoms with Crippen LogP contribution in [0.4, 0.5) is 0 Å². The van der Waals surface area contributed by atoms with Crippen molar-refractivity contribution in [2.24, 2.45) is 5.73 Å². The van der Waals surface area contributed by atoms with Gasteiger partial charge >= 0.3 is 0 Å². The van der Waals surface area contributed by atoms with E-state index in [0.717, 1.165) is 24.2 Å². The number of carbonyl (C=O) groups excluding carboxylic acids is 1. The minimum Gasteiger partial charge on any atom is -0.496 e. The van der Waals surface area contributed by atoms with Gasteiger partial charge in [-0.25, -0.2) is 0 Å². The molecule has 0 bridgehead atoms. The topological polar surface area (TPSA) is 52.3 Å². The molecule has 0 heterocycles. The van der Waals surface area contributed by atoms with E-state index >= 15 is 0 Å². The number of allylic oxidation sites excluding steroid dienone is 2. The Morgan fingerprint density at radius 3 is 2.67 bits per heavy atom. The molecule has 0 fully saturated rings.